The smallest absolute Gasteiger partial charge is 0.207 e. The summed E-state index contributed by atoms with van der Waals surface area (Å²) in [5.41, 5.74) is 1.25. The topological polar surface area (TPSA) is 29.1 Å². The third-order valence-corrected chi connectivity index (χ3v) is 1.74. The van der Waals surface area contributed by atoms with Crippen LogP contribution in [0.25, 0.3) is 0 Å². The Hall–Kier alpha value is -1.31. The SMILES string of the molecule is CC.C[C@H](Cc1ccccc1)NC=O.[HH]. The van der Waals surface area contributed by atoms with E-state index in [1.54, 1.807) is 0 Å². The number of carbonyl (C=O) groups is 1. The second kappa shape index (κ2) is 8.30. The average molecular weight is 195 g/mol. The van der Waals surface area contributed by atoms with Crippen LogP contribution in [0.2, 0.25) is 0 Å². The molecule has 0 fully saturated rings. The molecule has 1 atom stereocenters. The van der Waals surface area contributed by atoms with Gasteiger partial charge in [-0.2, -0.15) is 0 Å². The van der Waals surface area contributed by atoms with Crippen LogP contribution in [0, 0.1) is 0 Å². The lowest BCUT2D eigenvalue weighted by atomic mass is 10.1. The van der Waals surface area contributed by atoms with Crippen LogP contribution in [0.15, 0.2) is 30.3 Å². The first-order valence-electron chi connectivity index (χ1n) is 5.06. The number of amides is 1. The first-order chi connectivity index (χ1) is 6.83. The Kier molecular flexibility index (Phi) is 7.52. The molecule has 2 heteroatoms. The maximum Gasteiger partial charge on any atom is 0.207 e. The van der Waals surface area contributed by atoms with Crippen molar-refractivity contribution in [2.45, 2.75) is 33.2 Å². The molecule has 0 radical (unpaired) electrons. The Labute approximate surface area is 87.8 Å². The molecule has 1 rings (SSSR count). The van der Waals surface area contributed by atoms with Crippen LogP contribution in [0.5, 0.6) is 0 Å². The van der Waals surface area contributed by atoms with E-state index in [0.717, 1.165) is 12.8 Å². The number of hydrogen-bond acceptors (Lipinski definition) is 1. The highest BCUT2D eigenvalue weighted by Gasteiger charge is 1.99. The Morgan fingerprint density at radius 3 is 2.43 bits per heavy atom. The molecule has 1 aromatic rings. The second-order valence-electron chi connectivity index (χ2n) is 2.88. The van der Waals surface area contributed by atoms with E-state index in [9.17, 15) is 4.79 Å². The normalized spacial score (nSPS) is 10.8. The maximum atomic E-state index is 10.1. The third kappa shape index (κ3) is 5.36. The third-order valence-electron chi connectivity index (χ3n) is 1.74. The van der Waals surface area contributed by atoms with Crippen molar-refractivity contribution in [1.82, 2.24) is 5.32 Å². The standard InChI is InChI=1S/C10H13NO.C2H6.H2/c1-9(11-8-12)7-10-5-3-2-4-6-10;1-2;/h2-6,8-9H,7H2,1H3,(H,11,12);1-2H3;1H/t9-;;/m1../s1. The lowest BCUT2D eigenvalue weighted by molar-refractivity contribution is -0.110. The molecule has 0 aliphatic heterocycles. The predicted octanol–water partition coefficient (Wildman–Crippen LogP) is 2.64. The fraction of sp³-hybridized carbons (Fsp3) is 0.417. The van der Waals surface area contributed by atoms with Gasteiger partial charge in [-0.1, -0.05) is 44.2 Å². The number of nitrogens with one attached hydrogen (secondary N) is 1. The molecule has 1 N–H and O–H groups in total. The fourth-order valence-electron chi connectivity index (χ4n) is 1.14. The van der Waals surface area contributed by atoms with E-state index in [-0.39, 0.29) is 7.47 Å². The van der Waals surface area contributed by atoms with Gasteiger partial charge in [0.05, 0.1) is 0 Å². The first kappa shape index (κ1) is 12.7. The second-order valence-corrected chi connectivity index (χ2v) is 2.88. The van der Waals surface area contributed by atoms with Gasteiger partial charge in [0.1, 0.15) is 0 Å². The Morgan fingerprint density at radius 1 is 1.36 bits per heavy atom. The summed E-state index contributed by atoms with van der Waals surface area (Å²) in [5, 5.41) is 2.71. The van der Waals surface area contributed by atoms with Crippen LogP contribution in [0.1, 0.15) is 27.8 Å². The van der Waals surface area contributed by atoms with Gasteiger partial charge in [0, 0.05) is 7.47 Å². The van der Waals surface area contributed by atoms with Gasteiger partial charge in [-0.15, -0.1) is 0 Å². The number of hydrogen-bond donors (Lipinski definition) is 1. The van der Waals surface area contributed by atoms with Gasteiger partial charge in [0.2, 0.25) is 6.41 Å². The van der Waals surface area contributed by atoms with Crippen molar-refractivity contribution in [3.05, 3.63) is 35.9 Å². The molecule has 14 heavy (non-hydrogen) atoms. The van der Waals surface area contributed by atoms with Gasteiger partial charge in [-0.25, -0.2) is 0 Å². The zero-order chi connectivity index (χ0) is 10.8. The van der Waals surface area contributed by atoms with E-state index < -0.39 is 0 Å². The molecule has 1 amide bonds. The molecule has 0 bridgehead atoms. The summed E-state index contributed by atoms with van der Waals surface area (Å²) in [4.78, 5) is 10.1. The minimum atomic E-state index is 0. The van der Waals surface area contributed by atoms with Crippen LogP contribution in [-0.2, 0) is 11.2 Å². The summed E-state index contributed by atoms with van der Waals surface area (Å²) in [6.07, 6.45) is 1.63. The molecule has 1 aromatic carbocycles. The molecule has 0 aromatic heterocycles. The molecule has 0 saturated heterocycles. The highest BCUT2D eigenvalue weighted by atomic mass is 16.1. The Bertz CT molecular complexity index is 239. The van der Waals surface area contributed by atoms with Crippen molar-refractivity contribution < 1.29 is 6.22 Å². The molecular formula is C12H21NO. The number of benzene rings is 1. The molecule has 0 saturated carbocycles. The predicted molar refractivity (Wildman–Crippen MR) is 62.3 cm³/mol. The van der Waals surface area contributed by atoms with Crippen LogP contribution in [0.4, 0.5) is 0 Å². The van der Waals surface area contributed by atoms with E-state index in [2.05, 4.69) is 17.4 Å². The van der Waals surface area contributed by atoms with E-state index in [1.807, 2.05) is 39.0 Å². The van der Waals surface area contributed by atoms with Crippen LogP contribution in [0.3, 0.4) is 0 Å². The Balaban J connectivity index is 0. The zero-order valence-electron chi connectivity index (χ0n) is 9.16. The minimum absolute atomic E-state index is 0. The lowest BCUT2D eigenvalue weighted by Gasteiger charge is -2.08. The molecule has 80 valence electrons. The van der Waals surface area contributed by atoms with Crippen molar-refractivity contribution in [1.29, 1.82) is 0 Å². The van der Waals surface area contributed by atoms with Crippen LogP contribution < -0.4 is 5.32 Å². The van der Waals surface area contributed by atoms with Gasteiger partial charge in [0.15, 0.2) is 0 Å². The van der Waals surface area contributed by atoms with Gasteiger partial charge in [-0.05, 0) is 18.9 Å². The molecule has 0 aliphatic carbocycles. The number of rotatable bonds is 4. The van der Waals surface area contributed by atoms with Gasteiger partial charge < -0.3 is 5.32 Å². The zero-order valence-corrected chi connectivity index (χ0v) is 9.16. The summed E-state index contributed by atoms with van der Waals surface area (Å²) in [6, 6.07) is 10.3. The molecule has 2 nitrogen and oxygen atoms in total. The monoisotopic (exact) mass is 195 g/mol. The van der Waals surface area contributed by atoms with Crippen LogP contribution >= 0.6 is 0 Å². The summed E-state index contributed by atoms with van der Waals surface area (Å²) in [5.74, 6) is 0. The highest BCUT2D eigenvalue weighted by molar-refractivity contribution is 5.46. The van der Waals surface area contributed by atoms with E-state index in [1.165, 1.54) is 5.56 Å². The van der Waals surface area contributed by atoms with E-state index >= 15 is 0 Å². The molecular weight excluding hydrogens is 174 g/mol. The van der Waals surface area contributed by atoms with Gasteiger partial charge >= 0.3 is 0 Å². The summed E-state index contributed by atoms with van der Waals surface area (Å²) in [7, 11) is 0. The number of carbonyl (C=O) groups excluding carboxylic acids is 1. The summed E-state index contributed by atoms with van der Waals surface area (Å²) >= 11 is 0. The van der Waals surface area contributed by atoms with Crippen molar-refractivity contribution in [3.63, 3.8) is 0 Å². The molecule has 0 spiro atoms. The molecule has 0 heterocycles. The van der Waals surface area contributed by atoms with Gasteiger partial charge in [-0.3, -0.25) is 4.79 Å². The van der Waals surface area contributed by atoms with Crippen molar-refractivity contribution in [2.24, 2.45) is 0 Å². The minimum Gasteiger partial charge on any atom is -0.356 e. The highest BCUT2D eigenvalue weighted by Crippen LogP contribution is 2.01. The van der Waals surface area contributed by atoms with Crippen LogP contribution in [-0.4, -0.2) is 12.5 Å². The first-order valence-corrected chi connectivity index (χ1v) is 5.06. The Morgan fingerprint density at radius 2 is 1.93 bits per heavy atom. The molecule has 0 aliphatic rings. The largest absolute Gasteiger partial charge is 0.356 e. The quantitative estimate of drug-likeness (QED) is 0.735. The van der Waals surface area contributed by atoms with Gasteiger partial charge in [0.25, 0.3) is 0 Å². The van der Waals surface area contributed by atoms with Crippen molar-refractivity contribution in [2.75, 3.05) is 0 Å². The summed E-state index contributed by atoms with van der Waals surface area (Å²) < 4.78 is 0. The fourth-order valence-corrected chi connectivity index (χ4v) is 1.14. The molecule has 0 unspecified atom stereocenters. The van der Waals surface area contributed by atoms with E-state index in [0.29, 0.717) is 0 Å². The average Bonchev–Trinajstić information content (AvgIpc) is 2.22. The maximum absolute atomic E-state index is 10.1. The summed E-state index contributed by atoms with van der Waals surface area (Å²) in [6.45, 7) is 5.99. The van der Waals surface area contributed by atoms with Crippen molar-refractivity contribution >= 4 is 6.41 Å². The lowest BCUT2D eigenvalue weighted by Crippen LogP contribution is -2.26. The van der Waals surface area contributed by atoms with Crippen molar-refractivity contribution in [3.8, 4) is 0 Å². The van der Waals surface area contributed by atoms with E-state index in [4.69, 9.17) is 0 Å².